The predicted octanol–water partition coefficient (Wildman–Crippen LogP) is 7.38. The van der Waals surface area contributed by atoms with Crippen LogP contribution >= 0.6 is 0 Å². The fraction of sp³-hybridized carbons (Fsp3) is 0.633. The molecule has 0 atom stereocenters. The van der Waals surface area contributed by atoms with E-state index in [1.54, 1.807) is 17.5 Å². The van der Waals surface area contributed by atoms with Gasteiger partial charge in [-0.25, -0.2) is 10.0 Å². The van der Waals surface area contributed by atoms with Crippen molar-refractivity contribution in [2.45, 2.75) is 112 Å². The molecule has 36 heavy (non-hydrogen) atoms. The van der Waals surface area contributed by atoms with E-state index in [1.165, 1.54) is 43.3 Å². The number of fused-ring (bicyclic) bond motifs is 1. The Labute approximate surface area is 218 Å². The second-order valence-electron chi connectivity index (χ2n) is 12.2. The van der Waals surface area contributed by atoms with Gasteiger partial charge in [-0.2, -0.15) is 4.98 Å². The third kappa shape index (κ3) is 7.52. The van der Waals surface area contributed by atoms with Crippen LogP contribution in [0.2, 0.25) is 0 Å². The van der Waals surface area contributed by atoms with Crippen molar-refractivity contribution in [2.75, 3.05) is 5.48 Å². The number of hydrogen-bond donors (Lipinski definition) is 1. The fourth-order valence-corrected chi connectivity index (χ4v) is 5.18. The van der Waals surface area contributed by atoms with E-state index in [0.717, 1.165) is 30.6 Å². The van der Waals surface area contributed by atoms with Crippen LogP contribution in [0.3, 0.4) is 0 Å². The third-order valence-electron chi connectivity index (χ3n) is 7.31. The quantitative estimate of drug-likeness (QED) is 0.213. The summed E-state index contributed by atoms with van der Waals surface area (Å²) in [6.45, 7) is 18.5. The van der Waals surface area contributed by atoms with Gasteiger partial charge >= 0.3 is 5.65 Å². The Bertz CT molecular complexity index is 1140. The fourth-order valence-electron chi connectivity index (χ4n) is 5.18. The lowest BCUT2D eigenvalue weighted by molar-refractivity contribution is -0.647. The van der Waals surface area contributed by atoms with Crippen LogP contribution in [0.25, 0.3) is 11.2 Å². The number of rotatable bonds is 10. The van der Waals surface area contributed by atoms with Gasteiger partial charge in [0, 0.05) is 0 Å². The molecule has 1 aliphatic rings. The van der Waals surface area contributed by atoms with Gasteiger partial charge in [0.1, 0.15) is 0 Å². The smallest absolute Gasteiger partial charge is 0.269 e. The highest BCUT2D eigenvalue weighted by molar-refractivity contribution is 5.80. The first-order valence-corrected chi connectivity index (χ1v) is 13.5. The molecule has 0 radical (unpaired) electrons. The molecule has 1 aliphatic carbocycles. The van der Waals surface area contributed by atoms with Crippen LogP contribution in [0.1, 0.15) is 100 Å². The van der Waals surface area contributed by atoms with Gasteiger partial charge in [0.05, 0.1) is 19.2 Å². The molecule has 0 unspecified atom stereocenters. The van der Waals surface area contributed by atoms with Gasteiger partial charge in [-0.3, -0.25) is 9.40 Å². The van der Waals surface area contributed by atoms with Crippen LogP contribution in [0, 0.1) is 5.41 Å². The number of anilines is 1. The molecule has 0 spiro atoms. The summed E-state index contributed by atoms with van der Waals surface area (Å²) < 4.78 is 4.20. The summed E-state index contributed by atoms with van der Waals surface area (Å²) in [5.41, 5.74) is 11.2. The van der Waals surface area contributed by atoms with Gasteiger partial charge in [-0.05, 0) is 91.9 Å². The van der Waals surface area contributed by atoms with Crippen LogP contribution in [-0.4, -0.2) is 20.1 Å². The summed E-state index contributed by atoms with van der Waals surface area (Å²) in [7, 11) is 2.01. The van der Waals surface area contributed by atoms with E-state index in [-0.39, 0.29) is 5.60 Å². The normalized spacial score (nSPS) is 17.2. The van der Waals surface area contributed by atoms with Crippen molar-refractivity contribution in [3.05, 3.63) is 47.1 Å². The molecule has 0 saturated carbocycles. The maximum absolute atomic E-state index is 5.78. The molecular weight excluding hydrogens is 446 g/mol. The molecule has 6 heteroatoms. The van der Waals surface area contributed by atoms with E-state index >= 15 is 0 Å². The van der Waals surface area contributed by atoms with E-state index in [9.17, 15) is 0 Å². The Morgan fingerprint density at radius 2 is 1.89 bits per heavy atom. The summed E-state index contributed by atoms with van der Waals surface area (Å²) in [5.74, 6) is 0.687. The topological polar surface area (TPSA) is 55.9 Å². The molecule has 0 aliphatic heterocycles. The Morgan fingerprint density at radius 3 is 2.58 bits per heavy atom. The number of nitrogens with one attached hydrogen (secondary N) is 1. The lowest BCUT2D eigenvalue weighted by Crippen LogP contribution is -2.26. The molecule has 0 fully saturated rings. The van der Waals surface area contributed by atoms with Gasteiger partial charge in [-0.15, -0.1) is 0 Å². The van der Waals surface area contributed by atoms with Crippen molar-refractivity contribution in [1.82, 2.24) is 14.5 Å². The Balaban J connectivity index is 1.59. The predicted molar refractivity (Wildman–Crippen MR) is 149 cm³/mol. The molecule has 198 valence electrons. The molecule has 0 amide bonds. The maximum Gasteiger partial charge on any atom is 0.307 e. The molecular formula is C30H48N5O+. The van der Waals surface area contributed by atoms with Crippen LogP contribution in [0.5, 0.6) is 0 Å². The Kier molecular flexibility index (Phi) is 9.15. The van der Waals surface area contributed by atoms with Crippen molar-refractivity contribution in [1.29, 1.82) is 0 Å². The molecule has 0 saturated heterocycles. The molecule has 3 rings (SSSR count). The zero-order valence-corrected chi connectivity index (χ0v) is 24.2. The number of nitrogens with zero attached hydrogens (tertiary/aromatic N) is 4. The number of aromatic nitrogens is 4. The minimum atomic E-state index is -0.318. The van der Waals surface area contributed by atoms with Crippen molar-refractivity contribution < 1.29 is 9.40 Å². The van der Waals surface area contributed by atoms with Crippen molar-refractivity contribution in [3.63, 3.8) is 0 Å². The number of aryl methyl sites for hydroxylation is 1. The average molecular weight is 495 g/mol. The monoisotopic (exact) mass is 494 g/mol. The minimum absolute atomic E-state index is 0.318. The van der Waals surface area contributed by atoms with Crippen LogP contribution < -0.4 is 10.0 Å². The van der Waals surface area contributed by atoms with E-state index < -0.39 is 0 Å². The summed E-state index contributed by atoms with van der Waals surface area (Å²) in [6.07, 6.45) is 16.9. The Morgan fingerprint density at radius 1 is 1.17 bits per heavy atom. The standard InChI is InChI=1S/C30H48N5O/c1-22(15-16-25-24(3)14-11-18-30(25,7)8)12-10-13-23(2)17-19-35-21-34(9)28-26(35)27(31-20-32-28)33-36-29(4,5)6/h12,17,20-21H,10-11,13-16,18-19H2,1-9H3,(H,31,32,33)/q+1/b22-12+,23-17+. The van der Waals surface area contributed by atoms with Gasteiger partial charge in [-0.1, -0.05) is 53.3 Å². The first-order valence-electron chi connectivity index (χ1n) is 13.5. The number of hydrogen-bond acceptors (Lipinski definition) is 4. The molecule has 2 heterocycles. The van der Waals surface area contributed by atoms with Crippen molar-refractivity contribution in [3.8, 4) is 0 Å². The van der Waals surface area contributed by atoms with Gasteiger partial charge in [0.2, 0.25) is 5.52 Å². The highest BCUT2D eigenvalue weighted by atomic mass is 16.7. The summed E-state index contributed by atoms with van der Waals surface area (Å²) in [4.78, 5) is 14.7. The molecule has 2 aromatic rings. The first kappa shape index (κ1) is 28.1. The lowest BCUT2D eigenvalue weighted by Gasteiger charge is -2.35. The largest absolute Gasteiger partial charge is 0.307 e. The second-order valence-corrected chi connectivity index (χ2v) is 12.2. The van der Waals surface area contributed by atoms with Gasteiger partial charge in [0.25, 0.3) is 0 Å². The van der Waals surface area contributed by atoms with Gasteiger partial charge in [0.15, 0.2) is 18.5 Å². The third-order valence-corrected chi connectivity index (χ3v) is 7.31. The molecule has 0 bridgehead atoms. The highest BCUT2D eigenvalue weighted by Gasteiger charge is 2.27. The zero-order chi connectivity index (χ0) is 26.5. The first-order chi connectivity index (χ1) is 16.9. The Hall–Kier alpha value is -2.47. The van der Waals surface area contributed by atoms with E-state index in [0.29, 0.717) is 11.2 Å². The van der Waals surface area contributed by atoms with Crippen molar-refractivity contribution >= 4 is 17.0 Å². The molecule has 1 N–H and O–H groups in total. The van der Waals surface area contributed by atoms with Gasteiger partial charge < -0.3 is 0 Å². The maximum atomic E-state index is 5.78. The van der Waals surface area contributed by atoms with Crippen LogP contribution in [-0.2, 0) is 18.4 Å². The van der Waals surface area contributed by atoms with E-state index in [4.69, 9.17) is 4.84 Å². The molecule has 2 aromatic heterocycles. The van der Waals surface area contributed by atoms with Crippen LogP contribution in [0.4, 0.5) is 5.82 Å². The second kappa shape index (κ2) is 11.7. The summed E-state index contributed by atoms with van der Waals surface area (Å²) in [5, 5.41) is 0. The minimum Gasteiger partial charge on any atom is -0.269 e. The summed E-state index contributed by atoms with van der Waals surface area (Å²) in [6, 6.07) is 0. The highest BCUT2D eigenvalue weighted by Crippen LogP contribution is 2.42. The van der Waals surface area contributed by atoms with E-state index in [2.05, 4.69) is 73.1 Å². The number of imidazole rings is 1. The number of allylic oxidation sites excluding steroid dienone is 6. The molecule has 6 nitrogen and oxygen atoms in total. The average Bonchev–Trinajstić information content (AvgIpc) is 3.11. The summed E-state index contributed by atoms with van der Waals surface area (Å²) >= 11 is 0. The lowest BCUT2D eigenvalue weighted by atomic mass is 9.71. The van der Waals surface area contributed by atoms with E-state index in [1.807, 2.05) is 32.4 Å². The SMILES string of the molecule is CC1=C(CC/C(C)=C/CC/C(C)=C/Cn2c[n+](C)c3ncnc(NOC(C)(C)C)c32)C(C)(C)CCC1. The molecule has 0 aromatic carbocycles. The van der Waals surface area contributed by atoms with Crippen LogP contribution in [0.15, 0.2) is 47.1 Å². The van der Waals surface area contributed by atoms with Crippen molar-refractivity contribution in [2.24, 2.45) is 12.5 Å². The zero-order valence-electron chi connectivity index (χ0n) is 24.2.